The fraction of sp³-hybridized carbons (Fsp3) is 1.00. The Hall–Kier alpha value is -0.290. The van der Waals surface area contributed by atoms with E-state index in [1.807, 2.05) is 0 Å². The summed E-state index contributed by atoms with van der Waals surface area (Å²) in [5, 5.41) is 3.25. The molecule has 2 saturated heterocycles. The van der Waals surface area contributed by atoms with Gasteiger partial charge in [0.1, 0.15) is 0 Å². The van der Waals surface area contributed by atoms with Gasteiger partial charge >= 0.3 is 6.18 Å². The zero-order chi connectivity index (χ0) is 11.6. The Morgan fingerprint density at radius 1 is 1.06 bits per heavy atom. The van der Waals surface area contributed by atoms with Crippen molar-refractivity contribution in [1.82, 2.24) is 10.2 Å². The number of likely N-dealkylation sites (tertiary alicyclic amines) is 1. The Labute approximate surface area is 94.2 Å². The van der Waals surface area contributed by atoms with Gasteiger partial charge in [-0.25, -0.2) is 0 Å². The van der Waals surface area contributed by atoms with E-state index in [2.05, 4.69) is 10.2 Å². The third kappa shape index (κ3) is 2.88. The van der Waals surface area contributed by atoms with E-state index >= 15 is 0 Å². The maximum absolute atomic E-state index is 12.6. The number of alkyl halides is 3. The number of nitrogens with one attached hydrogen (secondary N) is 1. The normalized spacial score (nSPS) is 30.6. The second-order valence-electron chi connectivity index (χ2n) is 4.86. The van der Waals surface area contributed by atoms with E-state index in [0.29, 0.717) is 18.9 Å². The molecule has 0 bridgehead atoms. The molecule has 16 heavy (non-hydrogen) atoms. The first kappa shape index (κ1) is 12.2. The number of piperidine rings is 2. The molecule has 2 rings (SSSR count). The van der Waals surface area contributed by atoms with Crippen LogP contribution in [0, 0.1) is 5.92 Å². The van der Waals surface area contributed by atoms with E-state index in [1.165, 1.54) is 0 Å². The van der Waals surface area contributed by atoms with Crippen LogP contribution in [0.2, 0.25) is 0 Å². The first-order valence-corrected chi connectivity index (χ1v) is 6.09. The molecule has 2 nitrogen and oxygen atoms in total. The Bertz CT molecular complexity index is 224. The van der Waals surface area contributed by atoms with Crippen molar-refractivity contribution in [2.45, 2.75) is 37.9 Å². The molecule has 1 N–H and O–H groups in total. The zero-order valence-corrected chi connectivity index (χ0v) is 9.39. The van der Waals surface area contributed by atoms with Crippen LogP contribution in [0.15, 0.2) is 0 Å². The molecular weight excluding hydrogens is 217 g/mol. The maximum Gasteiger partial charge on any atom is 0.393 e. The largest absolute Gasteiger partial charge is 0.393 e. The highest BCUT2D eigenvalue weighted by molar-refractivity contribution is 4.84. The van der Waals surface area contributed by atoms with Crippen LogP contribution in [0.5, 0.6) is 0 Å². The molecule has 2 aliphatic rings. The van der Waals surface area contributed by atoms with Crippen LogP contribution in [-0.2, 0) is 0 Å². The minimum Gasteiger partial charge on any atom is -0.317 e. The molecule has 0 amide bonds. The summed E-state index contributed by atoms with van der Waals surface area (Å²) in [4.78, 5) is 2.06. The molecule has 0 saturated carbocycles. The molecule has 0 unspecified atom stereocenters. The quantitative estimate of drug-likeness (QED) is 0.749. The first-order valence-electron chi connectivity index (χ1n) is 6.09. The average Bonchev–Trinajstić information content (AvgIpc) is 2.29. The molecular formula is C11H19F3N2. The van der Waals surface area contributed by atoms with Gasteiger partial charge in [-0.3, -0.25) is 4.90 Å². The van der Waals surface area contributed by atoms with Gasteiger partial charge in [0.15, 0.2) is 0 Å². The van der Waals surface area contributed by atoms with Crippen LogP contribution in [-0.4, -0.2) is 43.3 Å². The summed E-state index contributed by atoms with van der Waals surface area (Å²) in [6.45, 7) is 2.95. The number of halogens is 3. The van der Waals surface area contributed by atoms with Gasteiger partial charge in [0.05, 0.1) is 5.92 Å². The number of rotatable bonds is 1. The lowest BCUT2D eigenvalue weighted by atomic mass is 9.94. The van der Waals surface area contributed by atoms with Crippen molar-refractivity contribution in [1.29, 1.82) is 0 Å². The van der Waals surface area contributed by atoms with Crippen LogP contribution >= 0.6 is 0 Å². The third-order valence-corrected chi connectivity index (χ3v) is 3.74. The van der Waals surface area contributed by atoms with Gasteiger partial charge < -0.3 is 5.32 Å². The monoisotopic (exact) mass is 236 g/mol. The molecule has 0 aromatic carbocycles. The highest BCUT2D eigenvalue weighted by Gasteiger charge is 2.42. The zero-order valence-electron chi connectivity index (χ0n) is 9.39. The predicted octanol–water partition coefficient (Wildman–Crippen LogP) is 2.01. The molecule has 1 atom stereocenters. The highest BCUT2D eigenvalue weighted by atomic mass is 19.4. The van der Waals surface area contributed by atoms with Crippen molar-refractivity contribution in [2.24, 2.45) is 5.92 Å². The second kappa shape index (κ2) is 4.92. The molecule has 0 radical (unpaired) electrons. The minimum atomic E-state index is -4.01. The van der Waals surface area contributed by atoms with Crippen molar-refractivity contribution in [2.75, 3.05) is 26.2 Å². The van der Waals surface area contributed by atoms with Crippen molar-refractivity contribution in [3.8, 4) is 0 Å². The van der Waals surface area contributed by atoms with Crippen LogP contribution in [0.3, 0.4) is 0 Å². The summed E-state index contributed by atoms with van der Waals surface area (Å²) in [5.41, 5.74) is 0. The van der Waals surface area contributed by atoms with E-state index in [-0.39, 0.29) is 6.54 Å². The molecule has 0 spiro atoms. The summed E-state index contributed by atoms with van der Waals surface area (Å²) < 4.78 is 37.9. The summed E-state index contributed by atoms with van der Waals surface area (Å²) in [5.74, 6) is -1.10. The molecule has 0 aliphatic carbocycles. The van der Waals surface area contributed by atoms with Crippen LogP contribution in [0.25, 0.3) is 0 Å². The lowest BCUT2D eigenvalue weighted by Gasteiger charge is -2.40. The fourth-order valence-electron chi connectivity index (χ4n) is 2.78. The van der Waals surface area contributed by atoms with Gasteiger partial charge in [0, 0.05) is 12.6 Å². The topological polar surface area (TPSA) is 15.3 Å². The number of hydrogen-bond acceptors (Lipinski definition) is 2. The maximum atomic E-state index is 12.6. The summed E-state index contributed by atoms with van der Waals surface area (Å²) in [7, 11) is 0. The van der Waals surface area contributed by atoms with E-state index in [1.54, 1.807) is 0 Å². The van der Waals surface area contributed by atoms with Gasteiger partial charge in [-0.15, -0.1) is 0 Å². The molecule has 0 aromatic heterocycles. The van der Waals surface area contributed by atoms with Crippen LogP contribution in [0.1, 0.15) is 25.7 Å². The van der Waals surface area contributed by atoms with Crippen LogP contribution in [0.4, 0.5) is 13.2 Å². The predicted molar refractivity (Wildman–Crippen MR) is 56.2 cm³/mol. The van der Waals surface area contributed by atoms with Gasteiger partial charge in [0.2, 0.25) is 0 Å². The molecule has 2 heterocycles. The highest BCUT2D eigenvalue weighted by Crippen LogP contribution is 2.34. The SMILES string of the molecule is FC(F)(F)[C@@H]1CCCN(C2CCNCC2)C1. The van der Waals surface area contributed by atoms with Gasteiger partial charge in [-0.1, -0.05) is 0 Å². The van der Waals surface area contributed by atoms with E-state index < -0.39 is 12.1 Å². The fourth-order valence-corrected chi connectivity index (χ4v) is 2.78. The molecule has 0 aromatic rings. The van der Waals surface area contributed by atoms with Crippen molar-refractivity contribution < 1.29 is 13.2 Å². The first-order chi connectivity index (χ1) is 7.57. The number of hydrogen-bond donors (Lipinski definition) is 1. The van der Waals surface area contributed by atoms with Crippen LogP contribution < -0.4 is 5.32 Å². The van der Waals surface area contributed by atoms with E-state index in [9.17, 15) is 13.2 Å². The molecule has 2 aliphatic heterocycles. The van der Waals surface area contributed by atoms with Gasteiger partial charge in [-0.05, 0) is 45.3 Å². The lowest BCUT2D eigenvalue weighted by molar-refractivity contribution is -0.188. The smallest absolute Gasteiger partial charge is 0.317 e. The van der Waals surface area contributed by atoms with E-state index in [4.69, 9.17) is 0 Å². The van der Waals surface area contributed by atoms with Gasteiger partial charge in [-0.2, -0.15) is 13.2 Å². The number of nitrogens with zero attached hydrogens (tertiary/aromatic N) is 1. The summed E-state index contributed by atoms with van der Waals surface area (Å²) >= 11 is 0. The molecule has 2 fully saturated rings. The molecule has 5 heteroatoms. The van der Waals surface area contributed by atoms with E-state index in [0.717, 1.165) is 32.5 Å². The lowest BCUT2D eigenvalue weighted by Crippen LogP contribution is -2.49. The van der Waals surface area contributed by atoms with Gasteiger partial charge in [0.25, 0.3) is 0 Å². The molecule has 94 valence electrons. The third-order valence-electron chi connectivity index (χ3n) is 3.74. The Balaban J connectivity index is 1.90. The van der Waals surface area contributed by atoms with Crippen molar-refractivity contribution >= 4 is 0 Å². The van der Waals surface area contributed by atoms with Crippen molar-refractivity contribution in [3.63, 3.8) is 0 Å². The standard InChI is InChI=1S/C11H19F3N2/c12-11(13,14)9-2-1-7-16(8-9)10-3-5-15-6-4-10/h9-10,15H,1-8H2/t9-/m1/s1. The Kier molecular flexibility index (Phi) is 3.74. The minimum absolute atomic E-state index is 0.216. The average molecular weight is 236 g/mol. The second-order valence-corrected chi connectivity index (χ2v) is 4.86. The summed E-state index contributed by atoms with van der Waals surface area (Å²) in [6, 6.07) is 0.367. The summed E-state index contributed by atoms with van der Waals surface area (Å²) in [6.07, 6.45) is -1.03. The van der Waals surface area contributed by atoms with Crippen molar-refractivity contribution in [3.05, 3.63) is 0 Å². The Morgan fingerprint density at radius 2 is 1.75 bits per heavy atom. The Morgan fingerprint density at radius 3 is 2.38 bits per heavy atom.